The Morgan fingerprint density at radius 3 is 2.79 bits per heavy atom. The minimum atomic E-state index is 0.685. The van der Waals surface area contributed by atoms with Gasteiger partial charge in [-0.1, -0.05) is 32.4 Å². The lowest BCUT2D eigenvalue weighted by Gasteiger charge is -2.16. The highest BCUT2D eigenvalue weighted by atomic mass is 32.1. The molecular formula is C16H24N2S. The van der Waals surface area contributed by atoms with E-state index in [2.05, 4.69) is 43.4 Å². The second-order valence-electron chi connectivity index (χ2n) is 5.01. The van der Waals surface area contributed by atoms with Crippen molar-refractivity contribution >= 4 is 21.6 Å². The summed E-state index contributed by atoms with van der Waals surface area (Å²) in [6.45, 7) is 5.53. The van der Waals surface area contributed by atoms with Gasteiger partial charge in [-0.2, -0.15) is 0 Å². The van der Waals surface area contributed by atoms with Gasteiger partial charge in [0.1, 0.15) is 0 Å². The second-order valence-corrected chi connectivity index (χ2v) is 6.13. The number of hydrogen-bond donors (Lipinski definition) is 1. The molecule has 0 aliphatic heterocycles. The molecule has 1 N–H and O–H groups in total. The third kappa shape index (κ3) is 4.29. The van der Waals surface area contributed by atoms with E-state index in [1.54, 1.807) is 0 Å². The standard InChI is InChI=1S/C16H24N2S/c1-3-8-13(17-4-2)9-7-12-16-18-14-10-5-6-11-15(14)19-16/h5-6,10-11,13,17H,3-4,7-9,12H2,1-2H3. The number of thiazole rings is 1. The van der Waals surface area contributed by atoms with Crippen LogP contribution in [0.25, 0.3) is 10.2 Å². The van der Waals surface area contributed by atoms with Crippen molar-refractivity contribution in [3.05, 3.63) is 29.3 Å². The van der Waals surface area contributed by atoms with Gasteiger partial charge in [-0.15, -0.1) is 11.3 Å². The van der Waals surface area contributed by atoms with Crippen molar-refractivity contribution in [2.24, 2.45) is 0 Å². The number of benzene rings is 1. The summed E-state index contributed by atoms with van der Waals surface area (Å²) in [5.41, 5.74) is 1.15. The lowest BCUT2D eigenvalue weighted by molar-refractivity contribution is 0.447. The molecule has 0 radical (unpaired) electrons. The quantitative estimate of drug-likeness (QED) is 0.773. The van der Waals surface area contributed by atoms with Gasteiger partial charge < -0.3 is 5.32 Å². The first-order valence-corrected chi connectivity index (χ1v) is 8.23. The van der Waals surface area contributed by atoms with E-state index in [0.29, 0.717) is 6.04 Å². The fraction of sp³-hybridized carbons (Fsp3) is 0.562. The topological polar surface area (TPSA) is 24.9 Å². The van der Waals surface area contributed by atoms with Gasteiger partial charge in [-0.05, 0) is 44.4 Å². The van der Waals surface area contributed by atoms with Crippen LogP contribution in [-0.2, 0) is 6.42 Å². The highest BCUT2D eigenvalue weighted by molar-refractivity contribution is 7.18. The largest absolute Gasteiger partial charge is 0.314 e. The molecule has 1 heterocycles. The molecule has 1 atom stereocenters. The maximum Gasteiger partial charge on any atom is 0.0938 e. The number of nitrogens with one attached hydrogen (secondary N) is 1. The Kier molecular flexibility index (Phi) is 5.80. The van der Waals surface area contributed by atoms with Crippen LogP contribution in [0.15, 0.2) is 24.3 Å². The molecule has 1 aromatic carbocycles. The number of nitrogens with zero attached hydrogens (tertiary/aromatic N) is 1. The zero-order valence-corrected chi connectivity index (χ0v) is 12.8. The van der Waals surface area contributed by atoms with Crippen molar-refractivity contribution < 1.29 is 0 Å². The lowest BCUT2D eigenvalue weighted by atomic mass is 10.1. The summed E-state index contributed by atoms with van der Waals surface area (Å²) in [5.74, 6) is 0. The van der Waals surface area contributed by atoms with Gasteiger partial charge in [0.05, 0.1) is 15.2 Å². The molecule has 1 aromatic heterocycles. The summed E-state index contributed by atoms with van der Waals surface area (Å²) in [5, 5.41) is 4.86. The van der Waals surface area contributed by atoms with Crippen LogP contribution in [0.4, 0.5) is 0 Å². The average Bonchev–Trinajstić information content (AvgIpc) is 2.82. The van der Waals surface area contributed by atoms with E-state index in [4.69, 9.17) is 4.98 Å². The molecule has 0 bridgehead atoms. The molecule has 0 saturated carbocycles. The van der Waals surface area contributed by atoms with Crippen molar-refractivity contribution in [1.29, 1.82) is 0 Å². The van der Waals surface area contributed by atoms with Crippen molar-refractivity contribution in [3.63, 3.8) is 0 Å². The molecule has 2 rings (SSSR count). The maximum atomic E-state index is 4.70. The Hall–Kier alpha value is -0.930. The molecule has 3 heteroatoms. The van der Waals surface area contributed by atoms with E-state index < -0.39 is 0 Å². The minimum Gasteiger partial charge on any atom is -0.314 e. The number of aryl methyl sites for hydroxylation is 1. The second kappa shape index (κ2) is 7.61. The smallest absolute Gasteiger partial charge is 0.0938 e. The molecule has 0 spiro atoms. The summed E-state index contributed by atoms with van der Waals surface area (Å²) < 4.78 is 1.31. The van der Waals surface area contributed by atoms with Crippen LogP contribution in [0.3, 0.4) is 0 Å². The van der Waals surface area contributed by atoms with Crippen molar-refractivity contribution in [3.8, 4) is 0 Å². The van der Waals surface area contributed by atoms with Gasteiger partial charge in [0.15, 0.2) is 0 Å². The number of rotatable bonds is 8. The molecule has 2 aromatic rings. The summed E-state index contributed by atoms with van der Waals surface area (Å²) in [6, 6.07) is 9.11. The Labute approximate surface area is 120 Å². The van der Waals surface area contributed by atoms with Crippen LogP contribution in [0, 0.1) is 0 Å². The number of fused-ring (bicyclic) bond motifs is 1. The molecule has 0 amide bonds. The van der Waals surface area contributed by atoms with E-state index >= 15 is 0 Å². The highest BCUT2D eigenvalue weighted by Gasteiger charge is 2.07. The van der Waals surface area contributed by atoms with E-state index in [1.807, 2.05) is 11.3 Å². The van der Waals surface area contributed by atoms with Crippen LogP contribution in [0.5, 0.6) is 0 Å². The van der Waals surface area contributed by atoms with Crippen molar-refractivity contribution in [2.45, 2.75) is 52.0 Å². The molecule has 0 aliphatic rings. The van der Waals surface area contributed by atoms with E-state index in [9.17, 15) is 0 Å². The van der Waals surface area contributed by atoms with Gasteiger partial charge in [-0.3, -0.25) is 0 Å². The molecule has 2 nitrogen and oxygen atoms in total. The summed E-state index contributed by atoms with van der Waals surface area (Å²) in [7, 11) is 0. The normalized spacial score (nSPS) is 12.9. The predicted octanol–water partition coefficient (Wildman–Crippen LogP) is 4.40. The van der Waals surface area contributed by atoms with E-state index in [1.165, 1.54) is 35.4 Å². The van der Waals surface area contributed by atoms with Crippen LogP contribution >= 0.6 is 11.3 Å². The molecule has 104 valence electrons. The molecule has 0 fully saturated rings. The van der Waals surface area contributed by atoms with Crippen LogP contribution in [0.2, 0.25) is 0 Å². The third-order valence-corrected chi connectivity index (χ3v) is 4.51. The Bertz CT molecular complexity index is 453. The number of hydrogen-bond acceptors (Lipinski definition) is 3. The van der Waals surface area contributed by atoms with E-state index in [-0.39, 0.29) is 0 Å². The Morgan fingerprint density at radius 2 is 2.05 bits per heavy atom. The van der Waals surface area contributed by atoms with Gasteiger partial charge in [-0.25, -0.2) is 4.98 Å². The molecule has 0 saturated heterocycles. The fourth-order valence-corrected chi connectivity index (χ4v) is 3.52. The van der Waals surface area contributed by atoms with Gasteiger partial charge in [0.2, 0.25) is 0 Å². The average molecular weight is 276 g/mol. The monoisotopic (exact) mass is 276 g/mol. The van der Waals surface area contributed by atoms with E-state index in [0.717, 1.165) is 18.5 Å². The fourth-order valence-electron chi connectivity index (χ4n) is 2.51. The summed E-state index contributed by atoms with van der Waals surface area (Å²) in [4.78, 5) is 4.70. The first-order chi connectivity index (χ1) is 9.33. The van der Waals surface area contributed by atoms with Gasteiger partial charge in [0.25, 0.3) is 0 Å². The van der Waals surface area contributed by atoms with Crippen molar-refractivity contribution in [1.82, 2.24) is 10.3 Å². The van der Waals surface area contributed by atoms with Crippen LogP contribution in [0.1, 0.15) is 44.5 Å². The van der Waals surface area contributed by atoms with Crippen LogP contribution in [-0.4, -0.2) is 17.6 Å². The minimum absolute atomic E-state index is 0.685. The Morgan fingerprint density at radius 1 is 1.21 bits per heavy atom. The molecular weight excluding hydrogens is 252 g/mol. The van der Waals surface area contributed by atoms with Crippen LogP contribution < -0.4 is 5.32 Å². The summed E-state index contributed by atoms with van der Waals surface area (Å²) in [6.07, 6.45) is 6.16. The molecule has 19 heavy (non-hydrogen) atoms. The number of aromatic nitrogens is 1. The zero-order chi connectivity index (χ0) is 13.5. The van der Waals surface area contributed by atoms with Crippen molar-refractivity contribution in [2.75, 3.05) is 6.54 Å². The number of para-hydroxylation sites is 1. The van der Waals surface area contributed by atoms with Gasteiger partial charge in [0, 0.05) is 6.04 Å². The first-order valence-electron chi connectivity index (χ1n) is 7.41. The highest BCUT2D eigenvalue weighted by Crippen LogP contribution is 2.23. The zero-order valence-electron chi connectivity index (χ0n) is 12.0. The maximum absolute atomic E-state index is 4.70. The molecule has 0 aliphatic carbocycles. The summed E-state index contributed by atoms with van der Waals surface area (Å²) >= 11 is 1.84. The van der Waals surface area contributed by atoms with Gasteiger partial charge >= 0.3 is 0 Å². The SMILES string of the molecule is CCCC(CCCc1nc2ccccc2s1)NCC. The Balaban J connectivity index is 1.84. The predicted molar refractivity (Wildman–Crippen MR) is 84.9 cm³/mol. The first kappa shape index (κ1) is 14.5. The third-order valence-electron chi connectivity index (χ3n) is 3.41. The lowest BCUT2D eigenvalue weighted by Crippen LogP contribution is -2.28. The molecule has 1 unspecified atom stereocenters.